The number of carbonyl (C=O) groups is 1. The Bertz CT molecular complexity index is 1090. The summed E-state index contributed by atoms with van der Waals surface area (Å²) in [6, 6.07) is 21.0. The third kappa shape index (κ3) is 4.78. The Morgan fingerprint density at radius 3 is 2.36 bits per heavy atom. The predicted octanol–water partition coefficient (Wildman–Crippen LogP) is 4.03. The van der Waals surface area contributed by atoms with Crippen molar-refractivity contribution >= 4 is 21.6 Å². The lowest BCUT2D eigenvalue weighted by Crippen LogP contribution is -2.23. The zero-order valence-corrected chi connectivity index (χ0v) is 16.6. The Labute approximate surface area is 165 Å². The number of nitrogens with one attached hydrogen (secondary N) is 2. The first-order chi connectivity index (χ1) is 13.3. The van der Waals surface area contributed by atoms with Crippen LogP contribution in [0, 0.1) is 13.8 Å². The zero-order chi connectivity index (χ0) is 20.1. The van der Waals surface area contributed by atoms with E-state index in [4.69, 9.17) is 0 Å². The molecule has 0 aliphatic carbocycles. The molecular weight excluding hydrogens is 372 g/mol. The van der Waals surface area contributed by atoms with Gasteiger partial charge in [0.1, 0.15) is 0 Å². The monoisotopic (exact) mass is 394 g/mol. The number of sulfonamides is 1. The highest BCUT2D eigenvalue weighted by atomic mass is 32.2. The van der Waals surface area contributed by atoms with Gasteiger partial charge in [-0.05, 0) is 49.2 Å². The van der Waals surface area contributed by atoms with Crippen molar-refractivity contribution in [3.8, 4) is 0 Å². The molecule has 0 saturated carbocycles. The van der Waals surface area contributed by atoms with Gasteiger partial charge < -0.3 is 5.32 Å². The number of hydrogen-bond donors (Lipinski definition) is 2. The second-order valence-electron chi connectivity index (χ2n) is 6.62. The van der Waals surface area contributed by atoms with E-state index in [-0.39, 0.29) is 10.8 Å². The van der Waals surface area contributed by atoms with Crippen molar-refractivity contribution < 1.29 is 13.2 Å². The molecule has 0 aromatic heterocycles. The van der Waals surface area contributed by atoms with Gasteiger partial charge in [-0.2, -0.15) is 0 Å². The van der Waals surface area contributed by atoms with Crippen molar-refractivity contribution in [2.24, 2.45) is 0 Å². The van der Waals surface area contributed by atoms with E-state index in [1.165, 1.54) is 12.1 Å². The maximum atomic E-state index is 12.6. The lowest BCUT2D eigenvalue weighted by molar-refractivity contribution is 0.0951. The van der Waals surface area contributed by atoms with E-state index in [0.717, 1.165) is 16.7 Å². The Hall–Kier alpha value is -3.12. The van der Waals surface area contributed by atoms with Crippen LogP contribution >= 0.6 is 0 Å². The summed E-state index contributed by atoms with van der Waals surface area (Å²) in [6.45, 7) is 4.19. The second kappa shape index (κ2) is 8.27. The highest BCUT2D eigenvalue weighted by Crippen LogP contribution is 2.21. The average Bonchev–Trinajstić information content (AvgIpc) is 2.68. The lowest BCUT2D eigenvalue weighted by Gasteiger charge is -2.13. The third-order valence-corrected chi connectivity index (χ3v) is 5.71. The predicted molar refractivity (Wildman–Crippen MR) is 111 cm³/mol. The molecule has 0 spiro atoms. The van der Waals surface area contributed by atoms with Crippen LogP contribution in [0.5, 0.6) is 0 Å². The zero-order valence-electron chi connectivity index (χ0n) is 15.8. The summed E-state index contributed by atoms with van der Waals surface area (Å²) >= 11 is 0. The lowest BCUT2D eigenvalue weighted by atomic mass is 10.1. The fourth-order valence-corrected chi connectivity index (χ4v) is 3.93. The van der Waals surface area contributed by atoms with E-state index in [1.807, 2.05) is 31.2 Å². The van der Waals surface area contributed by atoms with Crippen molar-refractivity contribution in [3.63, 3.8) is 0 Å². The van der Waals surface area contributed by atoms with Gasteiger partial charge in [0.05, 0.1) is 10.6 Å². The quantitative estimate of drug-likeness (QED) is 0.663. The molecule has 0 fully saturated rings. The molecule has 1 amide bonds. The van der Waals surface area contributed by atoms with Gasteiger partial charge in [-0.25, -0.2) is 8.42 Å². The van der Waals surface area contributed by atoms with Crippen molar-refractivity contribution in [1.82, 2.24) is 5.32 Å². The van der Waals surface area contributed by atoms with E-state index in [1.54, 1.807) is 43.3 Å². The minimum absolute atomic E-state index is 0.170. The van der Waals surface area contributed by atoms with Crippen LogP contribution in [0.2, 0.25) is 0 Å². The molecule has 0 atom stereocenters. The van der Waals surface area contributed by atoms with Gasteiger partial charge in [0.2, 0.25) is 0 Å². The van der Waals surface area contributed by atoms with Gasteiger partial charge >= 0.3 is 0 Å². The fourth-order valence-electron chi connectivity index (χ4n) is 2.78. The Kier molecular flexibility index (Phi) is 5.80. The number of carbonyl (C=O) groups excluding carboxylic acids is 1. The molecule has 5 nitrogen and oxygen atoms in total. The van der Waals surface area contributed by atoms with Crippen molar-refractivity contribution in [1.29, 1.82) is 0 Å². The first-order valence-electron chi connectivity index (χ1n) is 8.87. The van der Waals surface area contributed by atoms with Gasteiger partial charge in [-0.15, -0.1) is 0 Å². The van der Waals surface area contributed by atoms with Gasteiger partial charge in [0, 0.05) is 12.1 Å². The van der Waals surface area contributed by atoms with Gasteiger partial charge in [0.25, 0.3) is 15.9 Å². The number of amides is 1. The molecule has 0 heterocycles. The fraction of sp³-hybridized carbons (Fsp3) is 0.136. The number of rotatable bonds is 6. The van der Waals surface area contributed by atoms with Crippen LogP contribution in [-0.2, 0) is 16.6 Å². The Morgan fingerprint density at radius 2 is 1.64 bits per heavy atom. The molecule has 6 heteroatoms. The molecule has 144 valence electrons. The minimum atomic E-state index is -3.72. The molecule has 0 aliphatic heterocycles. The van der Waals surface area contributed by atoms with E-state index in [2.05, 4.69) is 10.0 Å². The summed E-state index contributed by atoms with van der Waals surface area (Å²) < 4.78 is 27.7. The van der Waals surface area contributed by atoms with Gasteiger partial charge in [-0.3, -0.25) is 9.52 Å². The van der Waals surface area contributed by atoms with Crippen LogP contribution in [0.4, 0.5) is 5.69 Å². The Balaban J connectivity index is 1.76. The summed E-state index contributed by atoms with van der Waals surface area (Å²) in [6.07, 6.45) is 0. The highest BCUT2D eigenvalue weighted by Gasteiger charge is 2.16. The standard InChI is InChI=1S/C22H22N2O3S/c1-16-7-6-8-18(13-16)15-23-22(25)19-12-11-17(2)21(14-19)24-28(26,27)20-9-4-3-5-10-20/h3-14,24H,15H2,1-2H3,(H,23,25). The number of aryl methyl sites for hydroxylation is 2. The molecule has 0 aliphatic rings. The minimum Gasteiger partial charge on any atom is -0.348 e. The Morgan fingerprint density at radius 1 is 0.893 bits per heavy atom. The first kappa shape index (κ1) is 19.6. The van der Waals surface area contributed by atoms with Gasteiger partial charge in [0.15, 0.2) is 0 Å². The molecule has 28 heavy (non-hydrogen) atoms. The van der Waals surface area contributed by atoms with Crippen molar-refractivity contribution in [2.75, 3.05) is 4.72 Å². The van der Waals surface area contributed by atoms with E-state index in [0.29, 0.717) is 17.8 Å². The van der Waals surface area contributed by atoms with Crippen molar-refractivity contribution in [3.05, 3.63) is 95.1 Å². The molecule has 0 saturated heterocycles. The summed E-state index contributed by atoms with van der Waals surface area (Å²) in [7, 11) is -3.72. The van der Waals surface area contributed by atoms with Crippen LogP contribution in [0.3, 0.4) is 0 Å². The SMILES string of the molecule is Cc1cccc(CNC(=O)c2ccc(C)c(NS(=O)(=O)c3ccccc3)c2)c1. The molecule has 2 N–H and O–H groups in total. The van der Waals surface area contributed by atoms with Crippen molar-refractivity contribution in [2.45, 2.75) is 25.3 Å². The smallest absolute Gasteiger partial charge is 0.261 e. The topological polar surface area (TPSA) is 75.3 Å². The van der Waals surface area contributed by atoms with Crippen LogP contribution in [-0.4, -0.2) is 14.3 Å². The second-order valence-corrected chi connectivity index (χ2v) is 8.30. The van der Waals surface area contributed by atoms with Crippen LogP contribution < -0.4 is 10.0 Å². The third-order valence-electron chi connectivity index (χ3n) is 4.33. The summed E-state index contributed by atoms with van der Waals surface area (Å²) in [4.78, 5) is 12.7. The number of anilines is 1. The molecule has 3 aromatic carbocycles. The average molecular weight is 394 g/mol. The van der Waals surface area contributed by atoms with E-state index < -0.39 is 10.0 Å². The van der Waals surface area contributed by atoms with E-state index >= 15 is 0 Å². The molecule has 0 radical (unpaired) electrons. The molecular formula is C22H22N2O3S. The first-order valence-corrected chi connectivity index (χ1v) is 10.4. The number of hydrogen-bond acceptors (Lipinski definition) is 3. The van der Waals surface area contributed by atoms with E-state index in [9.17, 15) is 13.2 Å². The van der Waals surface area contributed by atoms with Crippen LogP contribution in [0.1, 0.15) is 27.0 Å². The summed E-state index contributed by atoms with van der Waals surface area (Å²) in [5.74, 6) is -0.262. The highest BCUT2D eigenvalue weighted by molar-refractivity contribution is 7.92. The molecule has 3 aromatic rings. The normalized spacial score (nSPS) is 11.1. The maximum Gasteiger partial charge on any atom is 0.261 e. The van der Waals surface area contributed by atoms with Crippen LogP contribution in [0.15, 0.2) is 77.7 Å². The largest absolute Gasteiger partial charge is 0.348 e. The van der Waals surface area contributed by atoms with Gasteiger partial charge in [-0.1, -0.05) is 54.1 Å². The maximum absolute atomic E-state index is 12.6. The summed E-state index contributed by atoms with van der Waals surface area (Å²) in [5, 5.41) is 2.87. The summed E-state index contributed by atoms with van der Waals surface area (Å²) in [5.41, 5.74) is 3.64. The van der Waals surface area contributed by atoms with Crippen LogP contribution in [0.25, 0.3) is 0 Å². The number of benzene rings is 3. The molecule has 0 unspecified atom stereocenters. The molecule has 0 bridgehead atoms. The molecule has 3 rings (SSSR count).